The van der Waals surface area contributed by atoms with E-state index in [0.717, 1.165) is 44.1 Å². The van der Waals surface area contributed by atoms with Gasteiger partial charge in [-0.2, -0.15) is 10.5 Å². The second-order valence-electron chi connectivity index (χ2n) is 6.38. The van der Waals surface area contributed by atoms with Crippen molar-refractivity contribution in [1.29, 1.82) is 10.5 Å². The molecule has 2 aliphatic carbocycles. The molecule has 0 spiro atoms. The summed E-state index contributed by atoms with van der Waals surface area (Å²) >= 11 is 0. The Bertz CT molecular complexity index is 701. The van der Waals surface area contributed by atoms with E-state index in [1.807, 2.05) is 0 Å². The zero-order valence-electron chi connectivity index (χ0n) is 12.5. The molecular weight excluding hydrogens is 272 g/mol. The second kappa shape index (κ2) is 5.49. The monoisotopic (exact) mass is 290 g/mol. The van der Waals surface area contributed by atoms with Crippen LogP contribution in [0.4, 0.5) is 0 Å². The van der Waals surface area contributed by atoms with Gasteiger partial charge in [0.1, 0.15) is 5.60 Å². The Balaban J connectivity index is 1.93. The molecule has 2 fully saturated rings. The van der Waals surface area contributed by atoms with Gasteiger partial charge in [0.25, 0.3) is 0 Å². The molecule has 0 radical (unpaired) electrons. The maximum atomic E-state index is 11.2. The minimum Gasteiger partial charge on any atom is -0.376 e. The molecule has 22 heavy (non-hydrogen) atoms. The van der Waals surface area contributed by atoms with E-state index in [1.54, 1.807) is 24.3 Å². The van der Waals surface area contributed by atoms with E-state index in [-0.39, 0.29) is 5.92 Å². The summed E-state index contributed by atoms with van der Waals surface area (Å²) in [5.74, 6) is 6.18. The molecule has 3 nitrogen and oxygen atoms in total. The third-order valence-electron chi connectivity index (χ3n) is 5.05. The number of hydrogen-bond donors (Lipinski definition) is 1. The van der Waals surface area contributed by atoms with Crippen LogP contribution in [-0.2, 0) is 0 Å². The standard InChI is InChI=1S/C19H18N2O/c20-13-16-7-5-15(6-8-16)9-10-19(22,17-3-1-2-4-17)18(14-21)11-12-18/h5-8,17,22H,1-4,11-12H2/t19-/m0/s1. The minimum absolute atomic E-state index is 0.0977. The van der Waals surface area contributed by atoms with Crippen molar-refractivity contribution >= 4 is 0 Å². The Kier molecular flexibility index (Phi) is 3.66. The van der Waals surface area contributed by atoms with E-state index in [9.17, 15) is 10.4 Å². The van der Waals surface area contributed by atoms with Crippen molar-refractivity contribution in [3.63, 3.8) is 0 Å². The molecule has 0 aromatic heterocycles. The minimum atomic E-state index is -1.20. The van der Waals surface area contributed by atoms with Crippen LogP contribution in [0.1, 0.15) is 49.7 Å². The van der Waals surface area contributed by atoms with E-state index in [2.05, 4.69) is 24.0 Å². The van der Waals surface area contributed by atoms with Crippen molar-refractivity contribution in [2.75, 3.05) is 0 Å². The Morgan fingerprint density at radius 2 is 1.64 bits per heavy atom. The van der Waals surface area contributed by atoms with Gasteiger partial charge < -0.3 is 5.11 Å². The lowest BCUT2D eigenvalue weighted by atomic mass is 9.74. The average molecular weight is 290 g/mol. The van der Waals surface area contributed by atoms with Gasteiger partial charge in [-0.1, -0.05) is 24.7 Å². The number of nitrogens with zero attached hydrogens (tertiary/aromatic N) is 2. The summed E-state index contributed by atoms with van der Waals surface area (Å²) in [5, 5.41) is 29.5. The molecule has 1 N–H and O–H groups in total. The average Bonchev–Trinajstić information content (AvgIpc) is 3.18. The molecule has 0 heterocycles. The SMILES string of the molecule is N#Cc1ccc(C#C[C@](O)(C2CCCC2)C2(C#N)CC2)cc1. The van der Waals surface area contributed by atoms with Gasteiger partial charge in [-0.05, 0) is 49.9 Å². The zero-order chi connectivity index (χ0) is 15.6. The largest absolute Gasteiger partial charge is 0.376 e. The highest BCUT2D eigenvalue weighted by Gasteiger charge is 2.62. The third-order valence-corrected chi connectivity index (χ3v) is 5.05. The van der Waals surface area contributed by atoms with Gasteiger partial charge in [0, 0.05) is 11.5 Å². The zero-order valence-corrected chi connectivity index (χ0v) is 12.5. The van der Waals surface area contributed by atoms with Gasteiger partial charge in [-0.3, -0.25) is 0 Å². The summed E-state index contributed by atoms with van der Waals surface area (Å²) in [5.41, 5.74) is -0.523. The van der Waals surface area contributed by atoms with Crippen LogP contribution >= 0.6 is 0 Å². The van der Waals surface area contributed by atoms with Crippen LogP contribution in [-0.4, -0.2) is 10.7 Å². The van der Waals surface area contributed by atoms with E-state index < -0.39 is 11.0 Å². The number of benzene rings is 1. The first-order valence-corrected chi connectivity index (χ1v) is 7.80. The molecule has 3 heteroatoms. The summed E-state index contributed by atoms with van der Waals surface area (Å²) in [7, 11) is 0. The van der Waals surface area contributed by atoms with Gasteiger partial charge in [-0.15, -0.1) is 0 Å². The molecular formula is C19H18N2O. The molecule has 1 aromatic rings. The highest BCUT2D eigenvalue weighted by molar-refractivity contribution is 5.43. The van der Waals surface area contributed by atoms with Gasteiger partial charge >= 0.3 is 0 Å². The van der Waals surface area contributed by atoms with Crippen LogP contribution in [0.5, 0.6) is 0 Å². The van der Waals surface area contributed by atoms with E-state index in [1.165, 1.54) is 0 Å². The Morgan fingerprint density at radius 1 is 1.05 bits per heavy atom. The summed E-state index contributed by atoms with van der Waals surface area (Å²) in [6.07, 6.45) is 5.57. The molecule has 0 bridgehead atoms. The highest BCUT2D eigenvalue weighted by atomic mass is 16.3. The molecule has 2 aliphatic rings. The number of nitriles is 2. The van der Waals surface area contributed by atoms with Crippen molar-refractivity contribution in [2.45, 2.75) is 44.1 Å². The van der Waals surface area contributed by atoms with Crippen LogP contribution in [0.3, 0.4) is 0 Å². The second-order valence-corrected chi connectivity index (χ2v) is 6.38. The fourth-order valence-corrected chi connectivity index (χ4v) is 3.45. The third kappa shape index (κ3) is 2.37. The molecule has 2 saturated carbocycles. The van der Waals surface area contributed by atoms with Gasteiger partial charge in [0.2, 0.25) is 0 Å². The van der Waals surface area contributed by atoms with Crippen LogP contribution < -0.4 is 0 Å². The molecule has 0 saturated heterocycles. The predicted molar refractivity (Wildman–Crippen MR) is 82.2 cm³/mol. The van der Waals surface area contributed by atoms with Crippen molar-refractivity contribution in [3.8, 4) is 24.0 Å². The van der Waals surface area contributed by atoms with E-state index >= 15 is 0 Å². The fourth-order valence-electron chi connectivity index (χ4n) is 3.45. The van der Waals surface area contributed by atoms with E-state index in [4.69, 9.17) is 5.26 Å². The summed E-state index contributed by atoms with van der Waals surface area (Å²) in [6.45, 7) is 0. The number of rotatable bonds is 2. The maximum Gasteiger partial charge on any atom is 0.147 e. The number of hydrogen-bond acceptors (Lipinski definition) is 3. The first-order valence-electron chi connectivity index (χ1n) is 7.80. The van der Waals surface area contributed by atoms with Crippen LogP contribution in [0.2, 0.25) is 0 Å². The molecule has 0 unspecified atom stereocenters. The fraction of sp³-hybridized carbons (Fsp3) is 0.474. The maximum absolute atomic E-state index is 11.2. The van der Waals surface area contributed by atoms with Crippen LogP contribution in [0, 0.1) is 45.8 Å². The van der Waals surface area contributed by atoms with Crippen LogP contribution in [0.15, 0.2) is 24.3 Å². The Labute approximate surface area is 131 Å². The topological polar surface area (TPSA) is 67.8 Å². The summed E-state index contributed by atoms with van der Waals surface area (Å²) < 4.78 is 0. The van der Waals surface area contributed by atoms with Crippen LogP contribution in [0.25, 0.3) is 0 Å². The molecule has 0 amide bonds. The van der Waals surface area contributed by atoms with Crippen molar-refractivity contribution < 1.29 is 5.11 Å². The van der Waals surface area contributed by atoms with Gasteiger partial charge in [0.05, 0.1) is 23.1 Å². The number of aliphatic hydroxyl groups is 1. The first-order chi connectivity index (χ1) is 10.6. The van der Waals surface area contributed by atoms with Crippen molar-refractivity contribution in [1.82, 2.24) is 0 Å². The first kappa shape index (κ1) is 14.6. The molecule has 1 atom stereocenters. The lowest BCUT2D eigenvalue weighted by molar-refractivity contribution is -0.00659. The Morgan fingerprint density at radius 3 is 2.14 bits per heavy atom. The highest BCUT2D eigenvalue weighted by Crippen LogP contribution is 2.58. The smallest absolute Gasteiger partial charge is 0.147 e. The quantitative estimate of drug-likeness (QED) is 0.851. The lowest BCUT2D eigenvalue weighted by Gasteiger charge is -2.33. The lowest BCUT2D eigenvalue weighted by Crippen LogP contribution is -2.44. The summed E-state index contributed by atoms with van der Waals surface area (Å²) in [4.78, 5) is 0. The Hall–Kier alpha value is -2.28. The molecule has 3 rings (SSSR count). The van der Waals surface area contributed by atoms with Gasteiger partial charge in [-0.25, -0.2) is 0 Å². The summed E-state index contributed by atoms with van der Waals surface area (Å²) in [6, 6.07) is 11.4. The molecule has 110 valence electrons. The molecule has 1 aromatic carbocycles. The van der Waals surface area contributed by atoms with Crippen molar-refractivity contribution in [3.05, 3.63) is 35.4 Å². The van der Waals surface area contributed by atoms with E-state index in [0.29, 0.717) is 5.56 Å². The van der Waals surface area contributed by atoms with Crippen molar-refractivity contribution in [2.24, 2.45) is 11.3 Å². The van der Waals surface area contributed by atoms with Gasteiger partial charge in [0.15, 0.2) is 0 Å². The molecule has 0 aliphatic heterocycles. The normalized spacial score (nSPS) is 21.8. The predicted octanol–water partition coefficient (Wildman–Crippen LogP) is 3.13.